The zero-order valence-electron chi connectivity index (χ0n) is 9.87. The highest BCUT2D eigenvalue weighted by Gasteiger charge is 2.06. The molecule has 0 saturated heterocycles. The first-order valence-corrected chi connectivity index (χ1v) is 5.94. The van der Waals surface area contributed by atoms with Gasteiger partial charge in [-0.05, 0) is 25.6 Å². The molecule has 1 aromatic rings. The van der Waals surface area contributed by atoms with E-state index in [-0.39, 0.29) is 0 Å². The maximum Gasteiger partial charge on any atom is 0.0419 e. The van der Waals surface area contributed by atoms with Crippen LogP contribution in [0.25, 0.3) is 0 Å². The molecule has 0 aliphatic rings. The average Bonchev–Trinajstić information content (AvgIpc) is 2.29. The van der Waals surface area contributed by atoms with Crippen molar-refractivity contribution in [3.63, 3.8) is 0 Å². The van der Waals surface area contributed by atoms with Crippen molar-refractivity contribution in [1.82, 2.24) is 10.3 Å². The van der Waals surface area contributed by atoms with Crippen LogP contribution in [0.15, 0.2) is 24.4 Å². The Morgan fingerprint density at radius 2 is 2.20 bits per heavy atom. The van der Waals surface area contributed by atoms with Gasteiger partial charge < -0.3 is 5.32 Å². The zero-order chi connectivity index (χ0) is 10.9. The van der Waals surface area contributed by atoms with Gasteiger partial charge >= 0.3 is 0 Å². The van der Waals surface area contributed by atoms with Crippen LogP contribution in [0.2, 0.25) is 0 Å². The van der Waals surface area contributed by atoms with Crippen molar-refractivity contribution in [3.8, 4) is 0 Å². The molecular weight excluding hydrogens is 184 g/mol. The molecule has 1 unspecified atom stereocenters. The Hall–Kier alpha value is -0.890. The summed E-state index contributed by atoms with van der Waals surface area (Å²) >= 11 is 0. The number of hydrogen-bond acceptors (Lipinski definition) is 2. The molecule has 1 aromatic heterocycles. The minimum Gasteiger partial charge on any atom is -0.317 e. The van der Waals surface area contributed by atoms with Crippen molar-refractivity contribution in [2.45, 2.75) is 45.1 Å². The van der Waals surface area contributed by atoms with Crippen molar-refractivity contribution in [1.29, 1.82) is 0 Å². The molecule has 1 heterocycles. The molecule has 2 nitrogen and oxygen atoms in total. The second kappa shape index (κ2) is 7.41. The van der Waals surface area contributed by atoms with Crippen molar-refractivity contribution in [3.05, 3.63) is 30.1 Å². The molecule has 0 aliphatic heterocycles. The largest absolute Gasteiger partial charge is 0.317 e. The van der Waals surface area contributed by atoms with Crippen LogP contribution < -0.4 is 5.32 Å². The fraction of sp³-hybridized carbons (Fsp3) is 0.615. The summed E-state index contributed by atoms with van der Waals surface area (Å²) in [6.07, 6.45) is 8.10. The molecular formula is C13H22N2. The van der Waals surface area contributed by atoms with Gasteiger partial charge in [-0.2, -0.15) is 0 Å². The number of rotatable bonds is 7. The van der Waals surface area contributed by atoms with Gasteiger partial charge in [0.15, 0.2) is 0 Å². The lowest BCUT2D eigenvalue weighted by molar-refractivity contribution is 0.486. The van der Waals surface area contributed by atoms with Crippen LogP contribution in [0.3, 0.4) is 0 Å². The number of aromatic nitrogens is 1. The van der Waals surface area contributed by atoms with Crippen LogP contribution in [-0.2, 0) is 6.42 Å². The van der Waals surface area contributed by atoms with Gasteiger partial charge in [-0.1, -0.05) is 32.3 Å². The van der Waals surface area contributed by atoms with E-state index < -0.39 is 0 Å². The Labute approximate surface area is 93.1 Å². The van der Waals surface area contributed by atoms with E-state index in [1.807, 2.05) is 19.3 Å². The first kappa shape index (κ1) is 12.2. The van der Waals surface area contributed by atoms with Gasteiger partial charge in [0.05, 0.1) is 0 Å². The predicted octanol–water partition coefficient (Wildman–Crippen LogP) is 2.79. The highest BCUT2D eigenvalue weighted by Crippen LogP contribution is 2.07. The summed E-state index contributed by atoms with van der Waals surface area (Å²) in [6.45, 7) is 2.24. The highest BCUT2D eigenvalue weighted by atomic mass is 14.9. The summed E-state index contributed by atoms with van der Waals surface area (Å²) in [5.74, 6) is 0. The second-order valence-corrected chi connectivity index (χ2v) is 4.01. The molecule has 0 spiro atoms. The predicted molar refractivity (Wildman–Crippen MR) is 64.9 cm³/mol. The number of unbranched alkanes of at least 4 members (excludes halogenated alkanes) is 2. The topological polar surface area (TPSA) is 24.9 Å². The molecule has 0 aromatic carbocycles. The SMILES string of the molecule is CCCCCC(Cc1ccccn1)NC. The minimum absolute atomic E-state index is 0.575. The third kappa shape index (κ3) is 4.93. The minimum atomic E-state index is 0.575. The van der Waals surface area contributed by atoms with E-state index in [1.165, 1.54) is 31.4 Å². The highest BCUT2D eigenvalue weighted by molar-refractivity contribution is 5.05. The molecule has 15 heavy (non-hydrogen) atoms. The van der Waals surface area contributed by atoms with Crippen molar-refractivity contribution >= 4 is 0 Å². The smallest absolute Gasteiger partial charge is 0.0419 e. The molecule has 1 rings (SSSR count). The Balaban J connectivity index is 2.33. The van der Waals surface area contributed by atoms with E-state index in [4.69, 9.17) is 0 Å². The van der Waals surface area contributed by atoms with E-state index in [1.54, 1.807) is 0 Å². The monoisotopic (exact) mass is 206 g/mol. The molecule has 0 amide bonds. The summed E-state index contributed by atoms with van der Waals surface area (Å²) in [5, 5.41) is 3.37. The molecule has 1 atom stereocenters. The number of hydrogen-bond donors (Lipinski definition) is 1. The molecule has 1 N–H and O–H groups in total. The average molecular weight is 206 g/mol. The summed E-state index contributed by atoms with van der Waals surface area (Å²) in [5.41, 5.74) is 1.19. The van der Waals surface area contributed by atoms with Gasteiger partial charge in [0.1, 0.15) is 0 Å². The van der Waals surface area contributed by atoms with E-state index >= 15 is 0 Å². The van der Waals surface area contributed by atoms with Crippen molar-refractivity contribution < 1.29 is 0 Å². The van der Waals surface area contributed by atoms with Crippen LogP contribution in [0.4, 0.5) is 0 Å². The fourth-order valence-corrected chi connectivity index (χ4v) is 1.76. The van der Waals surface area contributed by atoms with Crippen LogP contribution in [0, 0.1) is 0 Å². The van der Waals surface area contributed by atoms with Crippen LogP contribution in [0.5, 0.6) is 0 Å². The summed E-state index contributed by atoms with van der Waals surface area (Å²) in [7, 11) is 2.04. The van der Waals surface area contributed by atoms with E-state index in [0.717, 1.165) is 6.42 Å². The third-order valence-electron chi connectivity index (χ3n) is 2.75. The quantitative estimate of drug-likeness (QED) is 0.694. The maximum atomic E-state index is 4.35. The Morgan fingerprint density at radius 1 is 1.33 bits per heavy atom. The zero-order valence-corrected chi connectivity index (χ0v) is 9.87. The molecule has 0 fully saturated rings. The summed E-state index contributed by atoms with van der Waals surface area (Å²) in [6, 6.07) is 6.70. The number of nitrogens with zero attached hydrogens (tertiary/aromatic N) is 1. The number of likely N-dealkylation sites (N-methyl/N-ethyl adjacent to an activating group) is 1. The standard InChI is InChI=1S/C13H22N2/c1-3-4-5-8-12(14-2)11-13-9-6-7-10-15-13/h6-7,9-10,12,14H,3-5,8,11H2,1-2H3. The molecule has 0 saturated carbocycles. The van der Waals surface area contributed by atoms with Gasteiger partial charge in [-0.25, -0.2) is 0 Å². The Kier molecular flexibility index (Phi) is 6.02. The first-order chi connectivity index (χ1) is 7.36. The second-order valence-electron chi connectivity index (χ2n) is 4.01. The van der Waals surface area contributed by atoms with Crippen LogP contribution in [0.1, 0.15) is 38.3 Å². The van der Waals surface area contributed by atoms with Gasteiger partial charge in [0.2, 0.25) is 0 Å². The Bertz CT molecular complexity index is 246. The van der Waals surface area contributed by atoms with E-state index in [2.05, 4.69) is 29.4 Å². The Morgan fingerprint density at radius 3 is 2.80 bits per heavy atom. The van der Waals surface area contributed by atoms with Gasteiger partial charge in [-0.15, -0.1) is 0 Å². The lowest BCUT2D eigenvalue weighted by atomic mass is 10.0. The fourth-order valence-electron chi connectivity index (χ4n) is 1.76. The normalized spacial score (nSPS) is 12.7. The van der Waals surface area contributed by atoms with Gasteiger partial charge in [-0.3, -0.25) is 4.98 Å². The van der Waals surface area contributed by atoms with Crippen LogP contribution in [-0.4, -0.2) is 18.1 Å². The first-order valence-electron chi connectivity index (χ1n) is 5.94. The van der Waals surface area contributed by atoms with Crippen molar-refractivity contribution in [2.24, 2.45) is 0 Å². The lowest BCUT2D eigenvalue weighted by Gasteiger charge is -2.15. The molecule has 84 valence electrons. The lowest BCUT2D eigenvalue weighted by Crippen LogP contribution is -2.27. The van der Waals surface area contributed by atoms with E-state index in [0.29, 0.717) is 6.04 Å². The third-order valence-corrected chi connectivity index (χ3v) is 2.75. The molecule has 2 heteroatoms. The van der Waals surface area contributed by atoms with Crippen molar-refractivity contribution in [2.75, 3.05) is 7.05 Å². The van der Waals surface area contributed by atoms with Crippen LogP contribution >= 0.6 is 0 Å². The summed E-state index contributed by atoms with van der Waals surface area (Å²) < 4.78 is 0. The maximum absolute atomic E-state index is 4.35. The molecule has 0 aliphatic carbocycles. The number of pyridine rings is 1. The molecule has 0 radical (unpaired) electrons. The van der Waals surface area contributed by atoms with Gasteiger partial charge in [0, 0.05) is 24.4 Å². The summed E-state index contributed by atoms with van der Waals surface area (Å²) in [4.78, 5) is 4.35. The van der Waals surface area contributed by atoms with Gasteiger partial charge in [0.25, 0.3) is 0 Å². The van der Waals surface area contributed by atoms with E-state index in [9.17, 15) is 0 Å². The molecule has 0 bridgehead atoms. The number of nitrogens with one attached hydrogen (secondary N) is 1.